The molecule has 0 atom stereocenters. The number of alkyl halides is 3. The van der Waals surface area contributed by atoms with E-state index in [4.69, 9.17) is 0 Å². The molecule has 9 heteroatoms. The second kappa shape index (κ2) is 11.7. The largest absolute Gasteiger partial charge is 0.391 e. The Labute approximate surface area is 209 Å². The molecule has 2 amide bonds. The Morgan fingerprint density at radius 2 is 1.42 bits per heavy atom. The van der Waals surface area contributed by atoms with Gasteiger partial charge in [-0.15, -0.1) is 0 Å². The number of halogens is 3. The molecule has 2 aliphatic heterocycles. The molecule has 6 nitrogen and oxygen atoms in total. The van der Waals surface area contributed by atoms with Gasteiger partial charge < -0.3 is 20.4 Å². The summed E-state index contributed by atoms with van der Waals surface area (Å²) < 4.78 is 38.6. The van der Waals surface area contributed by atoms with Gasteiger partial charge in [0.2, 0.25) is 11.8 Å². The Hall–Kier alpha value is -3.23. The summed E-state index contributed by atoms with van der Waals surface area (Å²) in [4.78, 5) is 28.0. The maximum Gasteiger partial charge on any atom is 0.391 e. The summed E-state index contributed by atoms with van der Waals surface area (Å²) >= 11 is 0. The van der Waals surface area contributed by atoms with E-state index in [9.17, 15) is 22.8 Å². The summed E-state index contributed by atoms with van der Waals surface area (Å²) in [6.45, 7) is 2.81. The number of hydrogen-bond acceptors (Lipinski definition) is 4. The van der Waals surface area contributed by atoms with E-state index >= 15 is 0 Å². The second-order valence-corrected chi connectivity index (χ2v) is 9.54. The van der Waals surface area contributed by atoms with Crippen LogP contribution in [-0.4, -0.2) is 49.1 Å². The summed E-state index contributed by atoms with van der Waals surface area (Å²) in [7, 11) is 0. The van der Waals surface area contributed by atoms with Crippen LogP contribution in [0.3, 0.4) is 0 Å². The van der Waals surface area contributed by atoms with Crippen LogP contribution in [0.4, 0.5) is 30.2 Å². The number of benzene rings is 2. The van der Waals surface area contributed by atoms with E-state index in [0.29, 0.717) is 19.6 Å². The van der Waals surface area contributed by atoms with Crippen LogP contribution in [0.2, 0.25) is 0 Å². The van der Waals surface area contributed by atoms with Gasteiger partial charge in [-0.25, -0.2) is 0 Å². The number of piperidine rings is 1. The van der Waals surface area contributed by atoms with Gasteiger partial charge in [-0.1, -0.05) is 12.1 Å². The minimum atomic E-state index is -4.10. The Morgan fingerprint density at radius 3 is 2.00 bits per heavy atom. The number of nitrogens with one attached hydrogen (secondary N) is 2. The van der Waals surface area contributed by atoms with E-state index in [1.165, 1.54) is 0 Å². The van der Waals surface area contributed by atoms with Crippen LogP contribution in [0.25, 0.3) is 0 Å². The Bertz CT molecular complexity index is 1010. The monoisotopic (exact) mass is 502 g/mol. The highest BCUT2D eigenvalue weighted by molar-refractivity contribution is 5.83. The van der Waals surface area contributed by atoms with Crippen LogP contribution in [-0.2, 0) is 16.1 Å². The molecule has 4 rings (SSSR count). The molecule has 2 saturated heterocycles. The summed E-state index contributed by atoms with van der Waals surface area (Å²) in [6.07, 6.45) is -1.30. The smallest absolute Gasteiger partial charge is 0.372 e. The molecule has 36 heavy (non-hydrogen) atoms. The third kappa shape index (κ3) is 7.15. The predicted molar refractivity (Wildman–Crippen MR) is 134 cm³/mol. The van der Waals surface area contributed by atoms with Gasteiger partial charge in [0, 0.05) is 62.6 Å². The van der Waals surface area contributed by atoms with Gasteiger partial charge in [0.1, 0.15) is 0 Å². The molecule has 2 N–H and O–H groups in total. The molecule has 2 aliphatic rings. The number of anilines is 3. The lowest BCUT2D eigenvalue weighted by atomic mass is 9.96. The van der Waals surface area contributed by atoms with Gasteiger partial charge in [0.25, 0.3) is 0 Å². The standard InChI is InChI=1S/C27H33F3N4O2/c28-27(29,30)21-13-17-33(18-14-21)24-9-7-23(8-10-24)32-22-5-3-20(4-6-22)19-31-25(35)11-12-26(36)34-15-1-2-16-34/h3-10,21,32H,1-2,11-19H2,(H,31,35). The van der Waals surface area contributed by atoms with Crippen LogP contribution < -0.4 is 15.5 Å². The number of likely N-dealkylation sites (tertiary alicyclic amines) is 1. The number of amides is 2. The lowest BCUT2D eigenvalue weighted by molar-refractivity contribution is -0.179. The fraction of sp³-hybridized carbons (Fsp3) is 0.481. The molecular weight excluding hydrogens is 469 g/mol. The molecule has 2 fully saturated rings. The minimum Gasteiger partial charge on any atom is -0.372 e. The fourth-order valence-electron chi connectivity index (χ4n) is 4.73. The number of nitrogens with zero attached hydrogens (tertiary/aromatic N) is 2. The van der Waals surface area contributed by atoms with Gasteiger partial charge >= 0.3 is 6.18 Å². The number of rotatable bonds is 8. The van der Waals surface area contributed by atoms with E-state index in [1.807, 2.05) is 58.3 Å². The summed E-state index contributed by atoms with van der Waals surface area (Å²) in [5.41, 5.74) is 3.65. The van der Waals surface area contributed by atoms with Gasteiger partial charge in [0.15, 0.2) is 0 Å². The normalized spacial score (nSPS) is 16.8. The number of carbonyl (C=O) groups is 2. The lowest BCUT2D eigenvalue weighted by Gasteiger charge is -2.34. The lowest BCUT2D eigenvalue weighted by Crippen LogP contribution is -2.38. The topological polar surface area (TPSA) is 64.7 Å². The van der Waals surface area contributed by atoms with Crippen LogP contribution in [0.1, 0.15) is 44.1 Å². The van der Waals surface area contributed by atoms with Gasteiger partial charge in [0.05, 0.1) is 5.92 Å². The van der Waals surface area contributed by atoms with Crippen molar-refractivity contribution in [2.45, 2.75) is 51.2 Å². The molecule has 2 aromatic rings. The van der Waals surface area contributed by atoms with Crippen molar-refractivity contribution in [3.63, 3.8) is 0 Å². The van der Waals surface area contributed by atoms with Crippen LogP contribution in [0, 0.1) is 5.92 Å². The zero-order valence-electron chi connectivity index (χ0n) is 20.3. The third-order valence-corrected chi connectivity index (χ3v) is 6.95. The summed E-state index contributed by atoms with van der Waals surface area (Å²) in [6, 6.07) is 15.4. The average Bonchev–Trinajstić information content (AvgIpc) is 3.42. The summed E-state index contributed by atoms with van der Waals surface area (Å²) in [5.74, 6) is -1.28. The maximum absolute atomic E-state index is 12.9. The highest BCUT2D eigenvalue weighted by Gasteiger charge is 2.41. The molecule has 194 valence electrons. The first-order valence-corrected chi connectivity index (χ1v) is 12.6. The van der Waals surface area contributed by atoms with Crippen LogP contribution in [0.15, 0.2) is 48.5 Å². The van der Waals surface area contributed by atoms with Gasteiger partial charge in [-0.05, 0) is 67.6 Å². The third-order valence-electron chi connectivity index (χ3n) is 6.95. The summed E-state index contributed by atoms with van der Waals surface area (Å²) in [5, 5.41) is 6.18. The predicted octanol–water partition coefficient (Wildman–Crippen LogP) is 5.23. The van der Waals surface area contributed by atoms with Crippen molar-refractivity contribution in [2.75, 3.05) is 36.4 Å². The molecule has 0 bridgehead atoms. The van der Waals surface area contributed by atoms with E-state index in [2.05, 4.69) is 10.6 Å². The van der Waals surface area contributed by atoms with Crippen molar-refractivity contribution in [3.8, 4) is 0 Å². The molecule has 0 aromatic heterocycles. The molecule has 0 unspecified atom stereocenters. The van der Waals surface area contributed by atoms with Gasteiger partial charge in [-0.3, -0.25) is 9.59 Å². The van der Waals surface area contributed by atoms with Crippen LogP contribution in [0.5, 0.6) is 0 Å². The molecule has 0 radical (unpaired) electrons. The Balaban J connectivity index is 1.19. The molecule has 2 aromatic carbocycles. The second-order valence-electron chi connectivity index (χ2n) is 9.54. The van der Waals surface area contributed by atoms with Crippen molar-refractivity contribution in [2.24, 2.45) is 5.92 Å². The van der Waals surface area contributed by atoms with E-state index < -0.39 is 12.1 Å². The number of hydrogen-bond donors (Lipinski definition) is 2. The van der Waals surface area contributed by atoms with E-state index in [0.717, 1.165) is 48.6 Å². The average molecular weight is 503 g/mol. The van der Waals surface area contributed by atoms with Crippen molar-refractivity contribution >= 4 is 28.9 Å². The zero-order valence-corrected chi connectivity index (χ0v) is 20.3. The highest BCUT2D eigenvalue weighted by atomic mass is 19.4. The fourth-order valence-corrected chi connectivity index (χ4v) is 4.73. The highest BCUT2D eigenvalue weighted by Crippen LogP contribution is 2.35. The molecule has 0 aliphatic carbocycles. The van der Waals surface area contributed by atoms with Gasteiger partial charge in [-0.2, -0.15) is 13.2 Å². The maximum atomic E-state index is 12.9. The minimum absolute atomic E-state index is 0.0529. The van der Waals surface area contributed by atoms with E-state index in [-0.39, 0.29) is 37.5 Å². The zero-order chi connectivity index (χ0) is 25.5. The first-order chi connectivity index (χ1) is 17.3. The number of carbonyl (C=O) groups excluding carboxylic acids is 2. The molecule has 0 saturated carbocycles. The SMILES string of the molecule is O=C(CCC(=O)N1CCCC1)NCc1ccc(Nc2ccc(N3CCC(C(F)(F)F)CC3)cc2)cc1. The van der Waals surface area contributed by atoms with Crippen molar-refractivity contribution in [3.05, 3.63) is 54.1 Å². The molecule has 0 spiro atoms. The molecular formula is C27H33F3N4O2. The van der Waals surface area contributed by atoms with Crippen molar-refractivity contribution in [1.82, 2.24) is 10.2 Å². The molecule has 2 heterocycles. The first-order valence-electron chi connectivity index (χ1n) is 12.6. The van der Waals surface area contributed by atoms with Crippen LogP contribution >= 0.6 is 0 Å². The first kappa shape index (κ1) is 25.9. The van der Waals surface area contributed by atoms with Crippen molar-refractivity contribution < 1.29 is 22.8 Å². The Morgan fingerprint density at radius 1 is 0.833 bits per heavy atom. The Kier molecular flexibility index (Phi) is 8.38. The van der Waals surface area contributed by atoms with E-state index in [1.54, 1.807) is 0 Å². The van der Waals surface area contributed by atoms with Crippen molar-refractivity contribution in [1.29, 1.82) is 0 Å². The quantitative estimate of drug-likeness (QED) is 0.519.